The normalized spacial score (nSPS) is 40.4. The second kappa shape index (κ2) is 9.97. The van der Waals surface area contributed by atoms with Crippen molar-refractivity contribution in [3.63, 3.8) is 0 Å². The quantitative estimate of drug-likeness (QED) is 0.267. The van der Waals surface area contributed by atoms with Crippen molar-refractivity contribution in [2.24, 2.45) is 16.7 Å². The fourth-order valence-electron chi connectivity index (χ4n) is 7.91. The second-order valence-corrected chi connectivity index (χ2v) is 12.8. The minimum absolute atomic E-state index is 0.110. The predicted octanol–water partition coefficient (Wildman–Crippen LogP) is 1.65. The van der Waals surface area contributed by atoms with E-state index < -0.39 is 82.2 Å². The van der Waals surface area contributed by atoms with Gasteiger partial charge in [0.25, 0.3) is 0 Å². The zero-order valence-electron chi connectivity index (χ0n) is 24.6. The van der Waals surface area contributed by atoms with Gasteiger partial charge in [-0.3, -0.25) is 14.4 Å². The zero-order valence-corrected chi connectivity index (χ0v) is 24.6. The molecule has 5 rings (SSSR count). The molecular weight excluding hydrogens is 548 g/mol. The van der Waals surface area contributed by atoms with Crippen molar-refractivity contribution >= 4 is 23.7 Å². The van der Waals surface area contributed by atoms with Gasteiger partial charge in [0, 0.05) is 32.1 Å². The number of aliphatic hydroxyl groups is 3. The lowest BCUT2D eigenvalue weighted by Crippen LogP contribution is -2.81. The Kier molecular flexibility index (Phi) is 7.20. The first kappa shape index (κ1) is 30.3. The van der Waals surface area contributed by atoms with Crippen molar-refractivity contribution in [2.45, 2.75) is 96.1 Å². The summed E-state index contributed by atoms with van der Waals surface area (Å²) in [6.45, 7) is 8.42. The molecule has 1 aliphatic heterocycles. The van der Waals surface area contributed by atoms with Gasteiger partial charge in [0.05, 0.1) is 35.7 Å². The molecule has 11 heteroatoms. The SMILES string of the molecule is CC(=O)O[C@H]1C(=O)[C@]2(C)C([C@H](OC(=O)c3ccccc3)[C@]3(O)C[C@H](O)C(C)=C1C3(C)C)[C@]1(OC(C)=O)CO[C@H]1C[C@@H]2O. The first-order valence-corrected chi connectivity index (χ1v) is 14.1. The van der Waals surface area contributed by atoms with Crippen LogP contribution in [0.2, 0.25) is 0 Å². The molecule has 1 aromatic rings. The summed E-state index contributed by atoms with van der Waals surface area (Å²) in [5.74, 6) is -4.41. The van der Waals surface area contributed by atoms with Crippen LogP contribution in [0.5, 0.6) is 0 Å². The highest BCUT2D eigenvalue weighted by Gasteiger charge is 2.78. The molecule has 1 aromatic carbocycles. The van der Waals surface area contributed by atoms with Crippen LogP contribution in [0, 0.1) is 16.7 Å². The largest absolute Gasteiger partial charge is 0.455 e. The Morgan fingerprint density at radius 1 is 1.00 bits per heavy atom. The lowest BCUT2D eigenvalue weighted by atomic mass is 9.44. The number of ketones is 1. The highest BCUT2D eigenvalue weighted by molar-refractivity contribution is 5.95. The van der Waals surface area contributed by atoms with E-state index in [-0.39, 0.29) is 30.6 Å². The fourth-order valence-corrected chi connectivity index (χ4v) is 7.91. The van der Waals surface area contributed by atoms with Gasteiger partial charge < -0.3 is 34.3 Å². The molecule has 3 fully saturated rings. The summed E-state index contributed by atoms with van der Waals surface area (Å²) in [5.41, 5.74) is -6.38. The van der Waals surface area contributed by atoms with Crippen LogP contribution in [0.3, 0.4) is 0 Å². The fraction of sp³-hybridized carbons (Fsp3) is 0.613. The number of ether oxygens (including phenoxy) is 4. The average molecular weight is 587 g/mol. The van der Waals surface area contributed by atoms with E-state index in [9.17, 15) is 34.5 Å². The highest BCUT2D eigenvalue weighted by Crippen LogP contribution is 2.64. The molecule has 3 aliphatic carbocycles. The van der Waals surface area contributed by atoms with E-state index in [1.54, 1.807) is 39.0 Å². The maximum absolute atomic E-state index is 14.8. The number of carbonyl (C=O) groups is 4. The van der Waals surface area contributed by atoms with Gasteiger partial charge in [-0.05, 0) is 37.1 Å². The van der Waals surface area contributed by atoms with Gasteiger partial charge in [0.2, 0.25) is 0 Å². The molecule has 4 aliphatic rings. The van der Waals surface area contributed by atoms with Crippen LogP contribution < -0.4 is 0 Å². The Labute approximate surface area is 243 Å². The summed E-state index contributed by atoms with van der Waals surface area (Å²) in [6.07, 6.45) is -7.27. The summed E-state index contributed by atoms with van der Waals surface area (Å²) in [5, 5.41) is 35.8. The Balaban J connectivity index is 1.84. The van der Waals surface area contributed by atoms with Crippen molar-refractivity contribution in [1.82, 2.24) is 0 Å². The lowest BCUT2D eigenvalue weighted by Gasteiger charge is -2.67. The van der Waals surface area contributed by atoms with E-state index in [4.69, 9.17) is 18.9 Å². The topological polar surface area (TPSA) is 166 Å². The molecular formula is C31H38O11. The molecule has 0 amide bonds. The molecule has 3 N–H and O–H groups in total. The van der Waals surface area contributed by atoms with Gasteiger partial charge in [0.1, 0.15) is 17.8 Å². The summed E-state index contributed by atoms with van der Waals surface area (Å²) in [4.78, 5) is 53.4. The van der Waals surface area contributed by atoms with Crippen molar-refractivity contribution in [3.05, 3.63) is 47.0 Å². The van der Waals surface area contributed by atoms with Crippen LogP contribution in [0.15, 0.2) is 41.5 Å². The van der Waals surface area contributed by atoms with Gasteiger partial charge in [0.15, 0.2) is 17.5 Å². The number of aliphatic hydroxyl groups excluding tert-OH is 2. The van der Waals surface area contributed by atoms with Crippen LogP contribution in [0.4, 0.5) is 0 Å². The maximum Gasteiger partial charge on any atom is 0.338 e. The minimum Gasteiger partial charge on any atom is -0.455 e. The van der Waals surface area contributed by atoms with Crippen LogP contribution in [0.1, 0.15) is 64.7 Å². The molecule has 1 unspecified atom stereocenters. The molecule has 0 radical (unpaired) electrons. The smallest absolute Gasteiger partial charge is 0.338 e. The van der Waals surface area contributed by atoms with Crippen molar-refractivity contribution in [2.75, 3.05) is 6.61 Å². The van der Waals surface area contributed by atoms with E-state index in [2.05, 4.69) is 0 Å². The van der Waals surface area contributed by atoms with E-state index in [0.717, 1.165) is 6.92 Å². The number of fused-ring (bicyclic) bond motifs is 5. The zero-order chi connectivity index (χ0) is 31.0. The first-order chi connectivity index (χ1) is 19.5. The van der Waals surface area contributed by atoms with Gasteiger partial charge in [-0.1, -0.05) is 32.0 Å². The third-order valence-corrected chi connectivity index (χ3v) is 10.2. The monoisotopic (exact) mass is 586 g/mol. The molecule has 42 heavy (non-hydrogen) atoms. The highest BCUT2D eigenvalue weighted by atomic mass is 16.6. The van der Waals surface area contributed by atoms with E-state index in [0.29, 0.717) is 5.57 Å². The van der Waals surface area contributed by atoms with E-state index in [1.165, 1.54) is 26.0 Å². The molecule has 2 bridgehead atoms. The number of Topliss-reactive ketones (excluding diaryl/α,β-unsaturated/α-hetero) is 1. The summed E-state index contributed by atoms with van der Waals surface area (Å²) < 4.78 is 23.5. The van der Waals surface area contributed by atoms with E-state index >= 15 is 0 Å². The second-order valence-electron chi connectivity index (χ2n) is 12.8. The van der Waals surface area contributed by atoms with Gasteiger partial charge >= 0.3 is 17.9 Å². The summed E-state index contributed by atoms with van der Waals surface area (Å²) >= 11 is 0. The summed E-state index contributed by atoms with van der Waals surface area (Å²) in [7, 11) is 0. The maximum atomic E-state index is 14.8. The third kappa shape index (κ3) is 4.08. The Bertz CT molecular complexity index is 1350. The van der Waals surface area contributed by atoms with Crippen molar-refractivity contribution < 1.29 is 53.4 Å². The third-order valence-electron chi connectivity index (χ3n) is 10.2. The van der Waals surface area contributed by atoms with Gasteiger partial charge in [-0.2, -0.15) is 0 Å². The van der Waals surface area contributed by atoms with Crippen LogP contribution in [-0.2, 0) is 33.3 Å². The standard InChI is InChI=1S/C31H38O11/c1-15-19(34)13-31(38)26(41-27(37)18-10-8-7-9-11-18)24-29(6,20(35)12-21-30(24,14-39-21)42-17(3)33)25(36)23(40-16(2)32)22(15)28(31,4)5/h7-11,19-21,23-24,26,34-35,38H,12-14H2,1-6H3/t19-,20-,21-,23+,24?,26-,29-,30-,31+/m0/s1. The lowest BCUT2D eigenvalue weighted by molar-refractivity contribution is -0.345. The van der Waals surface area contributed by atoms with Crippen LogP contribution in [-0.4, -0.2) is 87.3 Å². The Morgan fingerprint density at radius 2 is 1.64 bits per heavy atom. The molecule has 0 spiro atoms. The predicted molar refractivity (Wildman–Crippen MR) is 145 cm³/mol. The number of benzene rings is 1. The molecule has 2 saturated carbocycles. The minimum atomic E-state index is -2.11. The molecule has 9 atom stereocenters. The molecule has 228 valence electrons. The number of hydrogen-bond donors (Lipinski definition) is 3. The molecule has 0 aromatic heterocycles. The van der Waals surface area contributed by atoms with Crippen molar-refractivity contribution in [3.8, 4) is 0 Å². The van der Waals surface area contributed by atoms with Crippen LogP contribution in [0.25, 0.3) is 0 Å². The van der Waals surface area contributed by atoms with Gasteiger partial charge in [-0.15, -0.1) is 0 Å². The molecule has 1 heterocycles. The Morgan fingerprint density at radius 3 is 2.19 bits per heavy atom. The number of hydrogen-bond acceptors (Lipinski definition) is 11. The number of rotatable bonds is 4. The molecule has 1 saturated heterocycles. The Hall–Kier alpha value is -3.12. The van der Waals surface area contributed by atoms with Crippen LogP contribution >= 0.6 is 0 Å². The number of esters is 3. The average Bonchev–Trinajstić information content (AvgIpc) is 2.90. The number of carbonyl (C=O) groups excluding carboxylic acids is 4. The van der Waals surface area contributed by atoms with E-state index in [1.807, 2.05) is 0 Å². The van der Waals surface area contributed by atoms with Crippen molar-refractivity contribution in [1.29, 1.82) is 0 Å². The molecule has 11 nitrogen and oxygen atoms in total. The van der Waals surface area contributed by atoms with Gasteiger partial charge in [-0.25, -0.2) is 4.79 Å². The first-order valence-electron chi connectivity index (χ1n) is 14.1. The summed E-state index contributed by atoms with van der Waals surface area (Å²) in [6, 6.07) is 8.05.